The van der Waals surface area contributed by atoms with Crippen molar-refractivity contribution in [3.05, 3.63) is 35.9 Å². The van der Waals surface area contributed by atoms with E-state index in [1.165, 1.54) is 6.33 Å². The smallest absolute Gasteiger partial charge is 0.317 e. The average molecular weight is 374 g/mol. The van der Waals surface area contributed by atoms with Gasteiger partial charge in [-0.3, -0.25) is 10.00 Å². The molecule has 0 spiro atoms. The number of amides is 2. The van der Waals surface area contributed by atoms with Crippen molar-refractivity contribution >= 4 is 6.03 Å². The van der Waals surface area contributed by atoms with Crippen molar-refractivity contribution in [1.82, 2.24) is 30.3 Å². The number of nitrogens with zero attached hydrogens (tertiary/aromatic N) is 4. The molecule has 3 rings (SSSR count). The fraction of sp³-hybridized carbons (Fsp3) is 0.500. The number of aromatic amines is 1. The molecule has 1 atom stereocenters. The van der Waals surface area contributed by atoms with Gasteiger partial charge in [-0.15, -0.1) is 0 Å². The van der Waals surface area contributed by atoms with Crippen molar-refractivity contribution in [1.29, 1.82) is 0 Å². The highest BCUT2D eigenvalue weighted by atomic mass is 16.5. The molecule has 1 aromatic heterocycles. The minimum absolute atomic E-state index is 0.0771. The van der Waals surface area contributed by atoms with Crippen LogP contribution in [0.2, 0.25) is 0 Å². The van der Waals surface area contributed by atoms with E-state index in [2.05, 4.69) is 25.4 Å². The maximum atomic E-state index is 12.7. The first-order valence-electron chi connectivity index (χ1n) is 8.94. The molecule has 9 nitrogen and oxygen atoms in total. The van der Waals surface area contributed by atoms with Crippen molar-refractivity contribution in [3.8, 4) is 11.5 Å². The molecular formula is C18H26N6O3. The molecule has 2 heterocycles. The van der Waals surface area contributed by atoms with E-state index in [1.54, 1.807) is 14.2 Å². The number of hydrogen-bond donors (Lipinski definition) is 2. The Kier molecular flexibility index (Phi) is 6.12. The standard InChI is InChI=1S/C18H26N6O3/c1-13(15-10-14(26-2)4-5-16(15)27-3)21-18(25)24-8-6-23(7-9-24)11-17-19-12-20-22-17/h4-5,10,12-13H,6-9,11H2,1-3H3,(H,21,25)(H,19,20,22)/t13-/m0/s1. The Morgan fingerprint density at radius 1 is 1.26 bits per heavy atom. The van der Waals surface area contributed by atoms with Gasteiger partial charge in [0.2, 0.25) is 0 Å². The van der Waals surface area contributed by atoms with Crippen LogP contribution < -0.4 is 14.8 Å². The third-order valence-electron chi connectivity index (χ3n) is 4.74. The van der Waals surface area contributed by atoms with Crippen LogP contribution in [0.1, 0.15) is 24.4 Å². The van der Waals surface area contributed by atoms with Crippen LogP contribution in [-0.4, -0.2) is 71.4 Å². The van der Waals surface area contributed by atoms with Crippen LogP contribution in [0.25, 0.3) is 0 Å². The van der Waals surface area contributed by atoms with Crippen molar-refractivity contribution in [2.45, 2.75) is 19.5 Å². The Morgan fingerprint density at radius 3 is 2.67 bits per heavy atom. The number of H-pyrrole nitrogens is 1. The third-order valence-corrected chi connectivity index (χ3v) is 4.74. The summed E-state index contributed by atoms with van der Waals surface area (Å²) in [7, 11) is 3.24. The molecule has 2 N–H and O–H groups in total. The van der Waals surface area contributed by atoms with Gasteiger partial charge in [0.15, 0.2) is 0 Å². The zero-order chi connectivity index (χ0) is 19.2. The second kappa shape index (κ2) is 8.72. The molecule has 2 amide bonds. The van der Waals surface area contributed by atoms with E-state index in [0.717, 1.165) is 36.0 Å². The van der Waals surface area contributed by atoms with Crippen LogP contribution in [0.3, 0.4) is 0 Å². The summed E-state index contributed by atoms with van der Waals surface area (Å²) in [6.07, 6.45) is 1.51. The highest BCUT2D eigenvalue weighted by Gasteiger charge is 2.24. The average Bonchev–Trinajstić information content (AvgIpc) is 3.21. The van der Waals surface area contributed by atoms with Crippen LogP contribution in [0.4, 0.5) is 4.79 Å². The van der Waals surface area contributed by atoms with Crippen LogP contribution in [0.5, 0.6) is 11.5 Å². The highest BCUT2D eigenvalue weighted by Crippen LogP contribution is 2.29. The summed E-state index contributed by atoms with van der Waals surface area (Å²) in [6.45, 7) is 5.59. The van der Waals surface area contributed by atoms with Crippen molar-refractivity contribution in [2.75, 3.05) is 40.4 Å². The molecule has 1 aliphatic heterocycles. The van der Waals surface area contributed by atoms with E-state index in [0.29, 0.717) is 19.6 Å². The van der Waals surface area contributed by atoms with Gasteiger partial charge in [-0.25, -0.2) is 9.78 Å². The number of aromatic nitrogens is 3. The van der Waals surface area contributed by atoms with Gasteiger partial charge in [0.05, 0.1) is 26.8 Å². The monoisotopic (exact) mass is 374 g/mol. The van der Waals surface area contributed by atoms with Gasteiger partial charge in [0.1, 0.15) is 23.7 Å². The Morgan fingerprint density at radius 2 is 2.04 bits per heavy atom. The van der Waals surface area contributed by atoms with Crippen LogP contribution in [0, 0.1) is 0 Å². The molecule has 0 saturated carbocycles. The zero-order valence-electron chi connectivity index (χ0n) is 15.9. The Bertz CT molecular complexity index is 744. The Balaban J connectivity index is 1.55. The van der Waals surface area contributed by atoms with Gasteiger partial charge < -0.3 is 19.7 Å². The van der Waals surface area contributed by atoms with Gasteiger partial charge in [-0.05, 0) is 25.1 Å². The summed E-state index contributed by atoms with van der Waals surface area (Å²) >= 11 is 0. The fourth-order valence-corrected chi connectivity index (χ4v) is 3.16. The number of hydrogen-bond acceptors (Lipinski definition) is 6. The topological polar surface area (TPSA) is 95.6 Å². The van der Waals surface area contributed by atoms with E-state index < -0.39 is 0 Å². The number of urea groups is 1. The lowest BCUT2D eigenvalue weighted by molar-refractivity contribution is 0.132. The maximum Gasteiger partial charge on any atom is 0.317 e. The van der Waals surface area contributed by atoms with E-state index in [1.807, 2.05) is 30.0 Å². The quantitative estimate of drug-likeness (QED) is 0.794. The second-order valence-electron chi connectivity index (χ2n) is 6.47. The lowest BCUT2D eigenvalue weighted by Gasteiger charge is -2.35. The first kappa shape index (κ1) is 19.0. The maximum absolute atomic E-state index is 12.7. The number of piperazine rings is 1. The Labute approximate surface area is 158 Å². The highest BCUT2D eigenvalue weighted by molar-refractivity contribution is 5.75. The number of nitrogens with one attached hydrogen (secondary N) is 2. The van der Waals surface area contributed by atoms with Gasteiger partial charge in [0.25, 0.3) is 0 Å². The molecule has 146 valence electrons. The van der Waals surface area contributed by atoms with E-state index in [-0.39, 0.29) is 12.1 Å². The first-order valence-corrected chi connectivity index (χ1v) is 8.94. The predicted octanol–water partition coefficient (Wildman–Crippen LogP) is 1.41. The lowest BCUT2D eigenvalue weighted by atomic mass is 10.1. The Hall–Kier alpha value is -2.81. The molecule has 0 unspecified atom stereocenters. The van der Waals surface area contributed by atoms with Gasteiger partial charge in [0, 0.05) is 31.7 Å². The summed E-state index contributed by atoms with van der Waals surface area (Å²) in [5.41, 5.74) is 0.883. The predicted molar refractivity (Wildman–Crippen MR) is 99.7 cm³/mol. The minimum Gasteiger partial charge on any atom is -0.497 e. The first-order chi connectivity index (χ1) is 13.1. The van der Waals surface area contributed by atoms with E-state index >= 15 is 0 Å². The molecule has 0 radical (unpaired) electrons. The summed E-state index contributed by atoms with van der Waals surface area (Å²) in [4.78, 5) is 20.9. The van der Waals surface area contributed by atoms with E-state index in [9.17, 15) is 4.79 Å². The molecule has 27 heavy (non-hydrogen) atoms. The van der Waals surface area contributed by atoms with Crippen LogP contribution in [0.15, 0.2) is 24.5 Å². The van der Waals surface area contributed by atoms with Crippen molar-refractivity contribution < 1.29 is 14.3 Å². The molecule has 1 aliphatic rings. The van der Waals surface area contributed by atoms with Crippen molar-refractivity contribution in [3.63, 3.8) is 0 Å². The number of rotatable bonds is 6. The molecule has 0 bridgehead atoms. The number of carbonyl (C=O) groups excluding carboxylic acids is 1. The van der Waals surface area contributed by atoms with Crippen LogP contribution >= 0.6 is 0 Å². The van der Waals surface area contributed by atoms with E-state index in [4.69, 9.17) is 9.47 Å². The molecular weight excluding hydrogens is 348 g/mol. The SMILES string of the molecule is COc1ccc(OC)c([C@H](C)NC(=O)N2CCN(Cc3ncn[nH]3)CC2)c1. The van der Waals surface area contributed by atoms with Gasteiger partial charge in [-0.2, -0.15) is 5.10 Å². The zero-order valence-corrected chi connectivity index (χ0v) is 15.9. The summed E-state index contributed by atoms with van der Waals surface area (Å²) in [5.74, 6) is 2.29. The normalized spacial score (nSPS) is 16.0. The summed E-state index contributed by atoms with van der Waals surface area (Å²) in [6, 6.07) is 5.30. The lowest BCUT2D eigenvalue weighted by Crippen LogP contribution is -2.51. The van der Waals surface area contributed by atoms with Gasteiger partial charge in [-0.1, -0.05) is 0 Å². The molecule has 1 fully saturated rings. The molecule has 1 saturated heterocycles. The van der Waals surface area contributed by atoms with Crippen molar-refractivity contribution in [2.24, 2.45) is 0 Å². The summed E-state index contributed by atoms with van der Waals surface area (Å²) < 4.78 is 10.7. The minimum atomic E-state index is -0.199. The molecule has 1 aromatic carbocycles. The largest absolute Gasteiger partial charge is 0.497 e. The molecule has 9 heteroatoms. The number of benzene rings is 1. The molecule has 0 aliphatic carbocycles. The number of methoxy groups -OCH3 is 2. The third kappa shape index (κ3) is 4.68. The number of carbonyl (C=O) groups is 1. The fourth-order valence-electron chi connectivity index (χ4n) is 3.16. The van der Waals surface area contributed by atoms with Crippen LogP contribution in [-0.2, 0) is 6.54 Å². The van der Waals surface area contributed by atoms with Gasteiger partial charge >= 0.3 is 6.03 Å². The number of ether oxygens (including phenoxy) is 2. The summed E-state index contributed by atoms with van der Waals surface area (Å²) in [5, 5.41) is 9.78. The second-order valence-corrected chi connectivity index (χ2v) is 6.47. The molecule has 2 aromatic rings.